The Kier molecular flexibility index (Phi) is 9.80. The molecule has 0 fully saturated rings. The Morgan fingerprint density at radius 1 is 0.919 bits per heavy atom. The van der Waals surface area contributed by atoms with E-state index in [9.17, 15) is 24.0 Å². The SMILES string of the molecule is COC(=O)CCNC(=O)c1cc(NC(=O)c2nc(NC(=O)CCNC(=O)OC(C)(C)C)cn2C)cn1C. The number of aryl methyl sites for hydroxylation is 2. The molecule has 0 aromatic carbocycles. The van der Waals surface area contributed by atoms with Crippen LogP contribution in [0.15, 0.2) is 18.5 Å². The van der Waals surface area contributed by atoms with Crippen molar-refractivity contribution in [3.05, 3.63) is 30.0 Å². The molecule has 14 nitrogen and oxygen atoms in total. The molecule has 37 heavy (non-hydrogen) atoms. The number of nitrogens with one attached hydrogen (secondary N) is 4. The zero-order valence-electron chi connectivity index (χ0n) is 21.8. The molecule has 0 saturated heterocycles. The summed E-state index contributed by atoms with van der Waals surface area (Å²) in [5.41, 5.74) is -0.0168. The fraction of sp³-hybridized carbons (Fsp3) is 0.478. The average Bonchev–Trinajstić information content (AvgIpc) is 3.33. The number of rotatable bonds is 10. The van der Waals surface area contributed by atoms with Crippen molar-refractivity contribution < 1.29 is 33.4 Å². The van der Waals surface area contributed by atoms with Crippen molar-refractivity contribution in [1.29, 1.82) is 0 Å². The molecule has 2 aromatic rings. The van der Waals surface area contributed by atoms with Crippen LogP contribution in [0, 0.1) is 0 Å². The number of hydrogen-bond acceptors (Lipinski definition) is 8. The molecule has 2 rings (SSSR count). The zero-order chi connectivity index (χ0) is 27.8. The highest BCUT2D eigenvalue weighted by atomic mass is 16.6. The van der Waals surface area contributed by atoms with Crippen LogP contribution in [-0.4, -0.2) is 69.7 Å². The van der Waals surface area contributed by atoms with Crippen LogP contribution in [-0.2, 0) is 33.2 Å². The Morgan fingerprint density at radius 2 is 1.59 bits per heavy atom. The number of alkyl carbamates (subject to hydrolysis) is 1. The molecule has 0 radical (unpaired) electrons. The Bertz CT molecular complexity index is 1160. The third kappa shape index (κ3) is 9.31. The fourth-order valence-electron chi connectivity index (χ4n) is 3.05. The van der Waals surface area contributed by atoms with Gasteiger partial charge in [-0.05, 0) is 26.8 Å². The lowest BCUT2D eigenvalue weighted by atomic mass is 10.2. The molecule has 0 saturated carbocycles. The standard InChI is InChI=1S/C23H33N7O7/c1-23(2,3)37-22(35)25-9-7-17(31)27-16-13-30(5)19(28-16)21(34)26-14-11-15(29(4)12-14)20(33)24-10-8-18(32)36-6/h11-13H,7-10H2,1-6H3,(H,24,33)(H,25,35)(H,26,34)(H,27,31). The van der Waals surface area contributed by atoms with Crippen molar-refractivity contribution in [3.8, 4) is 0 Å². The maximum Gasteiger partial charge on any atom is 0.407 e. The molecule has 14 heteroatoms. The topological polar surface area (TPSA) is 175 Å². The van der Waals surface area contributed by atoms with Gasteiger partial charge >= 0.3 is 12.1 Å². The van der Waals surface area contributed by atoms with Crippen LogP contribution in [0.1, 0.15) is 54.7 Å². The molecule has 4 amide bonds. The lowest BCUT2D eigenvalue weighted by Gasteiger charge is -2.19. The third-order valence-electron chi connectivity index (χ3n) is 4.71. The van der Waals surface area contributed by atoms with E-state index in [1.165, 1.54) is 28.5 Å². The largest absolute Gasteiger partial charge is 0.469 e. The third-order valence-corrected chi connectivity index (χ3v) is 4.71. The molecular weight excluding hydrogens is 486 g/mol. The average molecular weight is 520 g/mol. The van der Waals surface area contributed by atoms with Crippen molar-refractivity contribution in [2.75, 3.05) is 30.8 Å². The summed E-state index contributed by atoms with van der Waals surface area (Å²) in [6, 6.07) is 1.48. The first-order valence-corrected chi connectivity index (χ1v) is 11.4. The first-order chi connectivity index (χ1) is 17.3. The first-order valence-electron chi connectivity index (χ1n) is 11.4. The highest BCUT2D eigenvalue weighted by Crippen LogP contribution is 2.15. The predicted molar refractivity (Wildman–Crippen MR) is 133 cm³/mol. The highest BCUT2D eigenvalue weighted by molar-refractivity contribution is 6.03. The van der Waals surface area contributed by atoms with Gasteiger partial charge in [0.05, 0.1) is 19.2 Å². The number of nitrogens with zero attached hydrogens (tertiary/aromatic N) is 3. The number of hydrogen-bond donors (Lipinski definition) is 4. The number of carbonyl (C=O) groups is 5. The second-order valence-corrected chi connectivity index (χ2v) is 9.05. The molecule has 0 aliphatic carbocycles. The van der Waals surface area contributed by atoms with Crippen LogP contribution >= 0.6 is 0 Å². The second kappa shape index (κ2) is 12.6. The monoisotopic (exact) mass is 519 g/mol. The molecule has 0 atom stereocenters. The number of amides is 4. The maximum absolute atomic E-state index is 12.7. The van der Waals surface area contributed by atoms with Crippen LogP contribution in [0.4, 0.5) is 16.3 Å². The number of imidazole rings is 1. The van der Waals surface area contributed by atoms with Crippen LogP contribution in [0.2, 0.25) is 0 Å². The second-order valence-electron chi connectivity index (χ2n) is 9.05. The van der Waals surface area contributed by atoms with Gasteiger partial charge in [-0.25, -0.2) is 9.78 Å². The van der Waals surface area contributed by atoms with Gasteiger partial charge in [0.25, 0.3) is 11.8 Å². The van der Waals surface area contributed by atoms with Crippen molar-refractivity contribution in [2.24, 2.45) is 14.1 Å². The molecule has 0 aliphatic heterocycles. The number of methoxy groups -OCH3 is 1. The van der Waals surface area contributed by atoms with Gasteiger partial charge in [0, 0.05) is 46.0 Å². The van der Waals surface area contributed by atoms with Gasteiger partial charge in [0.1, 0.15) is 11.3 Å². The van der Waals surface area contributed by atoms with Crippen molar-refractivity contribution >= 4 is 41.3 Å². The molecular formula is C23H33N7O7. The summed E-state index contributed by atoms with van der Waals surface area (Å²) in [6.07, 6.45) is 2.41. The minimum Gasteiger partial charge on any atom is -0.469 e. The normalized spacial score (nSPS) is 10.9. The van der Waals surface area contributed by atoms with E-state index in [-0.39, 0.29) is 43.3 Å². The van der Waals surface area contributed by atoms with Crippen molar-refractivity contribution in [3.63, 3.8) is 0 Å². The molecule has 202 valence electrons. The lowest BCUT2D eigenvalue weighted by molar-refractivity contribution is -0.140. The zero-order valence-corrected chi connectivity index (χ0v) is 21.8. The van der Waals surface area contributed by atoms with Crippen molar-refractivity contribution in [1.82, 2.24) is 24.8 Å². The highest BCUT2D eigenvalue weighted by Gasteiger charge is 2.19. The van der Waals surface area contributed by atoms with E-state index in [0.717, 1.165) is 0 Å². The van der Waals surface area contributed by atoms with Crippen LogP contribution < -0.4 is 21.3 Å². The summed E-state index contributed by atoms with van der Waals surface area (Å²) in [5, 5.41) is 10.3. The number of anilines is 2. The molecule has 2 heterocycles. The summed E-state index contributed by atoms with van der Waals surface area (Å²) < 4.78 is 12.6. The Balaban J connectivity index is 1.90. The van der Waals surface area contributed by atoms with E-state index in [1.807, 2.05) is 0 Å². The lowest BCUT2D eigenvalue weighted by Crippen LogP contribution is -2.34. The number of carbonyl (C=O) groups excluding carboxylic acids is 5. The molecule has 0 aliphatic rings. The molecule has 2 aromatic heterocycles. The summed E-state index contributed by atoms with van der Waals surface area (Å²) >= 11 is 0. The fourth-order valence-corrected chi connectivity index (χ4v) is 3.05. The minimum absolute atomic E-state index is 0.0220. The summed E-state index contributed by atoms with van der Waals surface area (Å²) in [5.74, 6) is -1.65. The van der Waals surface area contributed by atoms with E-state index in [1.54, 1.807) is 41.1 Å². The van der Waals surface area contributed by atoms with Crippen molar-refractivity contribution in [2.45, 2.75) is 39.2 Å². The molecule has 0 bridgehead atoms. The van der Waals surface area contributed by atoms with Crippen LogP contribution in [0.5, 0.6) is 0 Å². The van der Waals surface area contributed by atoms with E-state index >= 15 is 0 Å². The number of ether oxygens (including phenoxy) is 2. The number of aromatic nitrogens is 3. The minimum atomic E-state index is -0.642. The quantitative estimate of drug-likeness (QED) is 0.338. The number of esters is 1. The van der Waals surface area contributed by atoms with E-state index in [4.69, 9.17) is 4.74 Å². The van der Waals surface area contributed by atoms with E-state index in [0.29, 0.717) is 5.69 Å². The van der Waals surface area contributed by atoms with E-state index in [2.05, 4.69) is 31.0 Å². The van der Waals surface area contributed by atoms with Gasteiger partial charge in [0.15, 0.2) is 5.82 Å². The molecule has 0 unspecified atom stereocenters. The van der Waals surface area contributed by atoms with Gasteiger partial charge in [-0.3, -0.25) is 19.2 Å². The Labute approximate surface area is 214 Å². The summed E-state index contributed by atoms with van der Waals surface area (Å²) in [4.78, 5) is 64.2. The predicted octanol–water partition coefficient (Wildman–Crippen LogP) is 1.16. The maximum atomic E-state index is 12.7. The van der Waals surface area contributed by atoms with Gasteiger partial charge in [-0.2, -0.15) is 0 Å². The van der Waals surface area contributed by atoms with Crippen LogP contribution in [0.3, 0.4) is 0 Å². The molecule has 4 N–H and O–H groups in total. The first kappa shape index (κ1) is 28.9. The van der Waals surface area contributed by atoms with Gasteiger partial charge in [-0.15, -0.1) is 0 Å². The molecule has 0 spiro atoms. The Hall–Kier alpha value is -4.36. The van der Waals surface area contributed by atoms with E-state index < -0.39 is 35.4 Å². The summed E-state index contributed by atoms with van der Waals surface area (Å²) in [6.45, 7) is 5.37. The van der Waals surface area contributed by atoms with Gasteiger partial charge in [0.2, 0.25) is 11.7 Å². The van der Waals surface area contributed by atoms with Crippen LogP contribution in [0.25, 0.3) is 0 Å². The van der Waals surface area contributed by atoms with Gasteiger partial charge in [-0.1, -0.05) is 0 Å². The smallest absolute Gasteiger partial charge is 0.407 e. The summed E-state index contributed by atoms with van der Waals surface area (Å²) in [7, 11) is 4.49. The van der Waals surface area contributed by atoms with Gasteiger partial charge < -0.3 is 39.9 Å². The Morgan fingerprint density at radius 3 is 2.24 bits per heavy atom.